The number of benzene rings is 1. The Labute approximate surface area is 143 Å². The van der Waals surface area contributed by atoms with Crippen molar-refractivity contribution in [2.24, 2.45) is 0 Å². The summed E-state index contributed by atoms with van der Waals surface area (Å²) >= 11 is 0. The minimum absolute atomic E-state index is 0.0671. The molecule has 5 heteroatoms. The zero-order chi connectivity index (χ0) is 17.4. The number of carboxylic acid groups (broad SMARTS) is 1. The summed E-state index contributed by atoms with van der Waals surface area (Å²) in [7, 11) is 0. The molecule has 130 valence electrons. The van der Waals surface area contributed by atoms with Gasteiger partial charge in [-0.05, 0) is 31.4 Å². The molecule has 0 saturated heterocycles. The molecule has 1 fully saturated rings. The van der Waals surface area contributed by atoms with Crippen LogP contribution in [0.2, 0.25) is 0 Å². The highest BCUT2D eigenvalue weighted by Crippen LogP contribution is 2.25. The smallest absolute Gasteiger partial charge is 0.317 e. The van der Waals surface area contributed by atoms with Crippen LogP contribution < -0.4 is 5.32 Å². The van der Waals surface area contributed by atoms with Crippen molar-refractivity contribution in [1.29, 1.82) is 0 Å². The van der Waals surface area contributed by atoms with Crippen molar-refractivity contribution in [3.8, 4) is 0 Å². The Bertz CT molecular complexity index is 565. The number of nitrogens with zero attached hydrogens (tertiary/aromatic N) is 1. The van der Waals surface area contributed by atoms with Gasteiger partial charge in [0.15, 0.2) is 0 Å². The number of amides is 1. The Morgan fingerprint density at radius 3 is 2.62 bits per heavy atom. The summed E-state index contributed by atoms with van der Waals surface area (Å²) in [5.74, 6) is -0.730. The summed E-state index contributed by atoms with van der Waals surface area (Å²) < 4.78 is 0. The van der Waals surface area contributed by atoms with E-state index in [0.717, 1.165) is 31.4 Å². The van der Waals surface area contributed by atoms with Gasteiger partial charge in [0.25, 0.3) is 0 Å². The fraction of sp³-hybridized carbons (Fsp3) is 0.474. The van der Waals surface area contributed by atoms with E-state index < -0.39 is 5.97 Å². The van der Waals surface area contributed by atoms with Gasteiger partial charge in [-0.3, -0.25) is 14.5 Å². The second-order valence-corrected chi connectivity index (χ2v) is 6.20. The van der Waals surface area contributed by atoms with Crippen LogP contribution >= 0.6 is 0 Å². The zero-order valence-electron chi connectivity index (χ0n) is 14.1. The molecule has 0 unspecified atom stereocenters. The molecule has 0 aliphatic heterocycles. The molecule has 0 heterocycles. The van der Waals surface area contributed by atoms with Crippen LogP contribution in [0.25, 0.3) is 6.08 Å². The number of allylic oxidation sites excluding steroid dienone is 1. The van der Waals surface area contributed by atoms with Gasteiger partial charge in [-0.25, -0.2) is 0 Å². The van der Waals surface area contributed by atoms with Crippen LogP contribution in [0, 0.1) is 0 Å². The van der Waals surface area contributed by atoms with E-state index in [1.54, 1.807) is 0 Å². The van der Waals surface area contributed by atoms with Crippen LogP contribution in [-0.4, -0.2) is 47.1 Å². The van der Waals surface area contributed by atoms with Gasteiger partial charge in [0.05, 0.1) is 6.54 Å². The number of carbonyl (C=O) groups excluding carboxylic acids is 1. The SMILES string of the molecule is CCN(CC(=O)O)C1CC(NC(=O)CC/C=C/c2ccccc2)C1. The standard InChI is InChI=1S/C19H26N2O3/c1-2-21(14-19(23)24)17-12-16(13-17)20-18(22)11-7-6-10-15-8-4-3-5-9-15/h3-6,8-10,16-17H,2,7,11-14H2,1H3,(H,20,22)(H,23,24)/b10-6+. The van der Waals surface area contributed by atoms with Crippen LogP contribution in [0.4, 0.5) is 0 Å². The predicted octanol–water partition coefficient (Wildman–Crippen LogP) is 2.53. The van der Waals surface area contributed by atoms with Crippen molar-refractivity contribution in [2.75, 3.05) is 13.1 Å². The molecule has 0 spiro atoms. The number of nitrogens with one attached hydrogen (secondary N) is 1. The predicted molar refractivity (Wildman–Crippen MR) is 94.5 cm³/mol. The maximum absolute atomic E-state index is 11.9. The molecule has 0 radical (unpaired) electrons. The quantitative estimate of drug-likeness (QED) is 0.730. The summed E-state index contributed by atoms with van der Waals surface area (Å²) in [5.41, 5.74) is 1.14. The van der Waals surface area contributed by atoms with Crippen LogP contribution in [0.5, 0.6) is 0 Å². The molecule has 0 aromatic heterocycles. The van der Waals surface area contributed by atoms with Gasteiger partial charge >= 0.3 is 5.97 Å². The molecule has 1 aliphatic rings. The molecule has 0 atom stereocenters. The molecule has 1 aromatic carbocycles. The number of likely N-dealkylation sites (N-methyl/N-ethyl adjacent to an activating group) is 1. The first kappa shape index (κ1) is 18.2. The fourth-order valence-electron chi connectivity index (χ4n) is 2.97. The van der Waals surface area contributed by atoms with Crippen LogP contribution in [0.15, 0.2) is 36.4 Å². The third kappa shape index (κ3) is 5.81. The van der Waals surface area contributed by atoms with E-state index in [2.05, 4.69) is 5.32 Å². The summed E-state index contributed by atoms with van der Waals surface area (Å²) in [4.78, 5) is 24.7. The lowest BCUT2D eigenvalue weighted by atomic mass is 9.85. The number of aliphatic carboxylic acids is 1. The molecule has 1 aliphatic carbocycles. The Kier molecular flexibility index (Phi) is 7.00. The molecule has 0 bridgehead atoms. The summed E-state index contributed by atoms with van der Waals surface area (Å²) in [6.07, 6.45) is 6.93. The second kappa shape index (κ2) is 9.23. The summed E-state index contributed by atoms with van der Waals surface area (Å²) in [5, 5.41) is 11.9. The van der Waals surface area contributed by atoms with Crippen LogP contribution in [0.3, 0.4) is 0 Å². The first-order valence-corrected chi connectivity index (χ1v) is 8.55. The highest BCUT2D eigenvalue weighted by molar-refractivity contribution is 5.76. The monoisotopic (exact) mass is 330 g/mol. The minimum Gasteiger partial charge on any atom is -0.480 e. The number of hydrogen-bond acceptors (Lipinski definition) is 3. The van der Waals surface area contributed by atoms with Gasteiger partial charge in [-0.15, -0.1) is 0 Å². The van der Waals surface area contributed by atoms with Gasteiger partial charge < -0.3 is 10.4 Å². The molecular weight excluding hydrogens is 304 g/mol. The van der Waals surface area contributed by atoms with E-state index in [-0.39, 0.29) is 24.5 Å². The highest BCUT2D eigenvalue weighted by atomic mass is 16.4. The number of rotatable bonds is 9. The highest BCUT2D eigenvalue weighted by Gasteiger charge is 2.34. The first-order chi connectivity index (χ1) is 11.6. The van der Waals surface area contributed by atoms with Gasteiger partial charge in [-0.2, -0.15) is 0 Å². The average Bonchev–Trinajstić information content (AvgIpc) is 2.53. The third-order valence-corrected chi connectivity index (χ3v) is 4.39. The van der Waals surface area contributed by atoms with Crippen molar-refractivity contribution in [2.45, 2.75) is 44.7 Å². The number of carbonyl (C=O) groups is 2. The average molecular weight is 330 g/mol. The number of carboxylic acids is 1. The summed E-state index contributed by atoms with van der Waals surface area (Å²) in [6, 6.07) is 10.5. The molecule has 1 amide bonds. The lowest BCUT2D eigenvalue weighted by Gasteiger charge is -2.42. The number of hydrogen-bond donors (Lipinski definition) is 2. The van der Waals surface area contributed by atoms with Gasteiger partial charge in [0.2, 0.25) is 5.91 Å². The third-order valence-electron chi connectivity index (χ3n) is 4.39. The topological polar surface area (TPSA) is 69.6 Å². The Hall–Kier alpha value is -2.14. The molecule has 2 N–H and O–H groups in total. The van der Waals surface area contributed by atoms with E-state index in [9.17, 15) is 9.59 Å². The van der Waals surface area contributed by atoms with Gasteiger partial charge in [-0.1, -0.05) is 49.4 Å². The van der Waals surface area contributed by atoms with Crippen LogP contribution in [0.1, 0.15) is 38.2 Å². The molecule has 5 nitrogen and oxygen atoms in total. The molecule has 1 saturated carbocycles. The summed E-state index contributed by atoms with van der Waals surface area (Å²) in [6.45, 7) is 2.77. The molecule has 2 rings (SSSR count). The second-order valence-electron chi connectivity index (χ2n) is 6.20. The normalized spacial score (nSPS) is 20.1. The largest absolute Gasteiger partial charge is 0.480 e. The first-order valence-electron chi connectivity index (χ1n) is 8.55. The lowest BCUT2D eigenvalue weighted by Crippen LogP contribution is -2.54. The molecule has 24 heavy (non-hydrogen) atoms. The van der Waals surface area contributed by atoms with E-state index in [4.69, 9.17) is 5.11 Å². The Balaban J connectivity index is 1.62. The van der Waals surface area contributed by atoms with Crippen molar-refractivity contribution in [3.05, 3.63) is 42.0 Å². The maximum Gasteiger partial charge on any atom is 0.317 e. The van der Waals surface area contributed by atoms with E-state index in [1.165, 1.54) is 0 Å². The van der Waals surface area contributed by atoms with E-state index in [1.807, 2.05) is 54.3 Å². The van der Waals surface area contributed by atoms with Gasteiger partial charge in [0.1, 0.15) is 0 Å². The maximum atomic E-state index is 11.9. The lowest BCUT2D eigenvalue weighted by molar-refractivity contribution is -0.139. The molecule has 1 aromatic rings. The van der Waals surface area contributed by atoms with E-state index >= 15 is 0 Å². The zero-order valence-corrected chi connectivity index (χ0v) is 14.1. The van der Waals surface area contributed by atoms with Crippen molar-refractivity contribution < 1.29 is 14.7 Å². The van der Waals surface area contributed by atoms with Crippen molar-refractivity contribution in [3.63, 3.8) is 0 Å². The minimum atomic E-state index is -0.797. The van der Waals surface area contributed by atoms with Gasteiger partial charge in [0, 0.05) is 18.5 Å². The van der Waals surface area contributed by atoms with Crippen molar-refractivity contribution >= 4 is 18.0 Å². The van der Waals surface area contributed by atoms with E-state index in [0.29, 0.717) is 6.42 Å². The van der Waals surface area contributed by atoms with Crippen molar-refractivity contribution in [1.82, 2.24) is 10.2 Å². The Morgan fingerprint density at radius 2 is 2.00 bits per heavy atom. The van der Waals surface area contributed by atoms with Crippen LogP contribution in [-0.2, 0) is 9.59 Å². The molecular formula is C19H26N2O3. The Morgan fingerprint density at radius 1 is 1.29 bits per heavy atom. The fourth-order valence-corrected chi connectivity index (χ4v) is 2.97.